The largest absolute Gasteiger partial charge is 0.354 e. The SMILES string of the molecule is CCC(CCCNc1nc(Cl)nc(Cl)n1)C1CCCCC1. The van der Waals surface area contributed by atoms with Gasteiger partial charge in [0.1, 0.15) is 0 Å². The average Bonchev–Trinajstić information content (AvgIpc) is 2.47. The first-order valence-electron chi connectivity index (χ1n) is 8.00. The van der Waals surface area contributed by atoms with Crippen molar-refractivity contribution in [1.82, 2.24) is 15.0 Å². The highest BCUT2D eigenvalue weighted by atomic mass is 35.5. The maximum atomic E-state index is 5.75. The van der Waals surface area contributed by atoms with Crippen LogP contribution in [0.25, 0.3) is 0 Å². The van der Waals surface area contributed by atoms with E-state index >= 15 is 0 Å². The highest BCUT2D eigenvalue weighted by molar-refractivity contribution is 6.31. The fraction of sp³-hybridized carbons (Fsp3) is 0.800. The molecule has 4 nitrogen and oxygen atoms in total. The number of rotatable bonds is 7. The van der Waals surface area contributed by atoms with Gasteiger partial charge in [-0.15, -0.1) is 0 Å². The van der Waals surface area contributed by atoms with Gasteiger partial charge in [-0.25, -0.2) is 0 Å². The van der Waals surface area contributed by atoms with Crippen LogP contribution >= 0.6 is 23.2 Å². The summed E-state index contributed by atoms with van der Waals surface area (Å²) in [5, 5.41) is 3.44. The van der Waals surface area contributed by atoms with E-state index in [-0.39, 0.29) is 10.6 Å². The van der Waals surface area contributed by atoms with Crippen molar-refractivity contribution in [1.29, 1.82) is 0 Å². The van der Waals surface area contributed by atoms with Crippen LogP contribution in [0.4, 0.5) is 5.95 Å². The predicted molar refractivity (Wildman–Crippen MR) is 87.9 cm³/mol. The molecule has 118 valence electrons. The van der Waals surface area contributed by atoms with Crippen LogP contribution in [-0.2, 0) is 0 Å². The van der Waals surface area contributed by atoms with Crippen molar-refractivity contribution in [2.45, 2.75) is 58.3 Å². The molecule has 1 fully saturated rings. The quantitative estimate of drug-likeness (QED) is 0.716. The lowest BCUT2D eigenvalue weighted by Crippen LogP contribution is -2.18. The molecule has 0 bridgehead atoms. The maximum Gasteiger partial charge on any atom is 0.228 e. The van der Waals surface area contributed by atoms with Gasteiger partial charge in [-0.3, -0.25) is 0 Å². The monoisotopic (exact) mass is 330 g/mol. The Morgan fingerprint density at radius 2 is 1.76 bits per heavy atom. The lowest BCUT2D eigenvalue weighted by molar-refractivity contribution is 0.228. The second-order valence-electron chi connectivity index (χ2n) is 5.83. The summed E-state index contributed by atoms with van der Waals surface area (Å²) in [6, 6.07) is 0. The third kappa shape index (κ3) is 5.59. The number of halogens is 2. The highest BCUT2D eigenvalue weighted by Crippen LogP contribution is 2.34. The van der Waals surface area contributed by atoms with Crippen molar-refractivity contribution in [3.8, 4) is 0 Å². The summed E-state index contributed by atoms with van der Waals surface area (Å²) >= 11 is 11.5. The van der Waals surface area contributed by atoms with Gasteiger partial charge in [-0.05, 0) is 47.9 Å². The fourth-order valence-electron chi connectivity index (χ4n) is 3.35. The molecule has 0 radical (unpaired) electrons. The zero-order valence-electron chi connectivity index (χ0n) is 12.6. The summed E-state index contributed by atoms with van der Waals surface area (Å²) in [6.07, 6.45) is 10.8. The molecule has 21 heavy (non-hydrogen) atoms. The molecule has 1 atom stereocenters. The van der Waals surface area contributed by atoms with Crippen molar-refractivity contribution in [3.05, 3.63) is 10.6 Å². The summed E-state index contributed by atoms with van der Waals surface area (Å²) in [6.45, 7) is 3.16. The molecule has 1 aliphatic rings. The molecule has 0 amide bonds. The lowest BCUT2D eigenvalue weighted by atomic mass is 9.77. The van der Waals surface area contributed by atoms with Crippen molar-refractivity contribution in [2.24, 2.45) is 11.8 Å². The Balaban J connectivity index is 1.72. The Labute approximate surface area is 137 Å². The van der Waals surface area contributed by atoms with E-state index in [2.05, 4.69) is 27.2 Å². The maximum absolute atomic E-state index is 5.75. The van der Waals surface area contributed by atoms with Gasteiger partial charge < -0.3 is 5.32 Å². The molecule has 1 N–H and O–H groups in total. The standard InChI is InChI=1S/C15H24Cl2N4/c1-2-11(12-7-4-3-5-8-12)9-6-10-18-15-20-13(16)19-14(17)21-15/h11-12H,2-10H2,1H3,(H,18,19,20,21). The molecule has 1 saturated carbocycles. The molecule has 1 aromatic heterocycles. The van der Waals surface area contributed by atoms with Gasteiger partial charge in [0.2, 0.25) is 16.5 Å². The topological polar surface area (TPSA) is 50.7 Å². The zero-order valence-corrected chi connectivity index (χ0v) is 14.1. The van der Waals surface area contributed by atoms with Crippen molar-refractivity contribution >= 4 is 29.2 Å². The number of anilines is 1. The predicted octanol–water partition coefficient (Wildman–Crippen LogP) is 4.98. The molecule has 1 aliphatic carbocycles. The van der Waals surface area contributed by atoms with Gasteiger partial charge in [0.25, 0.3) is 0 Å². The van der Waals surface area contributed by atoms with E-state index in [0.29, 0.717) is 5.95 Å². The normalized spacial score (nSPS) is 17.7. The van der Waals surface area contributed by atoms with Crippen LogP contribution in [0.3, 0.4) is 0 Å². The zero-order chi connectivity index (χ0) is 15.1. The molecule has 0 aliphatic heterocycles. The van der Waals surface area contributed by atoms with Crippen LogP contribution in [0.5, 0.6) is 0 Å². The second kappa shape index (κ2) is 8.74. The van der Waals surface area contributed by atoms with E-state index in [0.717, 1.165) is 24.8 Å². The number of nitrogens with one attached hydrogen (secondary N) is 1. The van der Waals surface area contributed by atoms with E-state index in [1.807, 2.05) is 0 Å². The van der Waals surface area contributed by atoms with Crippen molar-refractivity contribution < 1.29 is 0 Å². The summed E-state index contributed by atoms with van der Waals surface area (Å²) < 4.78 is 0. The summed E-state index contributed by atoms with van der Waals surface area (Å²) in [5.74, 6) is 2.26. The third-order valence-electron chi connectivity index (χ3n) is 4.46. The first-order valence-corrected chi connectivity index (χ1v) is 8.75. The summed E-state index contributed by atoms with van der Waals surface area (Å²) in [7, 11) is 0. The molecule has 0 aromatic carbocycles. The van der Waals surface area contributed by atoms with Crippen LogP contribution in [0.1, 0.15) is 58.3 Å². The molecule has 1 unspecified atom stereocenters. The Bertz CT molecular complexity index is 415. The van der Waals surface area contributed by atoms with E-state index in [4.69, 9.17) is 23.2 Å². The number of nitrogens with zero attached hydrogens (tertiary/aromatic N) is 3. The molecule has 1 heterocycles. The van der Waals surface area contributed by atoms with E-state index in [1.54, 1.807) is 0 Å². The van der Waals surface area contributed by atoms with Gasteiger partial charge in [0.05, 0.1) is 0 Å². The Kier molecular flexibility index (Phi) is 6.97. The number of aromatic nitrogens is 3. The van der Waals surface area contributed by atoms with Crippen molar-refractivity contribution in [3.63, 3.8) is 0 Å². The first kappa shape index (κ1) is 16.8. The lowest BCUT2D eigenvalue weighted by Gasteiger charge is -2.29. The minimum atomic E-state index is 0.131. The van der Waals surface area contributed by atoms with Crippen LogP contribution in [0.15, 0.2) is 0 Å². The third-order valence-corrected chi connectivity index (χ3v) is 4.79. The first-order chi connectivity index (χ1) is 10.2. The van der Waals surface area contributed by atoms with E-state index < -0.39 is 0 Å². The Morgan fingerprint density at radius 1 is 1.10 bits per heavy atom. The van der Waals surface area contributed by atoms with Crippen LogP contribution in [0, 0.1) is 11.8 Å². The second-order valence-corrected chi connectivity index (χ2v) is 6.51. The van der Waals surface area contributed by atoms with Gasteiger partial charge in [0.15, 0.2) is 0 Å². The number of hydrogen-bond donors (Lipinski definition) is 1. The van der Waals surface area contributed by atoms with Gasteiger partial charge in [-0.2, -0.15) is 15.0 Å². The van der Waals surface area contributed by atoms with E-state index in [9.17, 15) is 0 Å². The smallest absolute Gasteiger partial charge is 0.228 e. The fourth-order valence-corrected chi connectivity index (χ4v) is 3.71. The number of hydrogen-bond acceptors (Lipinski definition) is 4. The summed E-state index contributed by atoms with van der Waals surface area (Å²) in [5.41, 5.74) is 0. The average molecular weight is 331 g/mol. The van der Waals surface area contributed by atoms with Gasteiger partial charge in [0, 0.05) is 6.54 Å². The minimum Gasteiger partial charge on any atom is -0.354 e. The van der Waals surface area contributed by atoms with Crippen LogP contribution in [0.2, 0.25) is 10.6 Å². The highest BCUT2D eigenvalue weighted by Gasteiger charge is 2.21. The van der Waals surface area contributed by atoms with Gasteiger partial charge >= 0.3 is 0 Å². The molecular formula is C15H24Cl2N4. The Hall–Kier alpha value is -0.610. The Morgan fingerprint density at radius 3 is 2.38 bits per heavy atom. The van der Waals surface area contributed by atoms with Crippen LogP contribution in [-0.4, -0.2) is 21.5 Å². The van der Waals surface area contributed by atoms with Gasteiger partial charge in [-0.1, -0.05) is 45.4 Å². The molecule has 1 aromatic rings. The minimum absolute atomic E-state index is 0.131. The molecule has 0 saturated heterocycles. The van der Waals surface area contributed by atoms with Crippen molar-refractivity contribution in [2.75, 3.05) is 11.9 Å². The van der Waals surface area contributed by atoms with Crippen LogP contribution < -0.4 is 5.32 Å². The summed E-state index contributed by atoms with van der Waals surface area (Å²) in [4.78, 5) is 11.8. The molecule has 2 rings (SSSR count). The molecule has 6 heteroatoms. The van der Waals surface area contributed by atoms with E-state index in [1.165, 1.54) is 44.9 Å². The molecular weight excluding hydrogens is 307 g/mol. The molecule has 0 spiro atoms.